The van der Waals surface area contributed by atoms with E-state index in [0.717, 1.165) is 32.1 Å². The van der Waals surface area contributed by atoms with E-state index in [1.165, 1.54) is 231 Å². The van der Waals surface area contributed by atoms with E-state index in [9.17, 15) is 15.0 Å². The van der Waals surface area contributed by atoms with Crippen LogP contribution in [0.1, 0.15) is 284 Å². The number of carbonyl (C=O) groups excluding carboxylic acids is 1. The summed E-state index contributed by atoms with van der Waals surface area (Å²) in [4.78, 5) is 12.4. The molecule has 0 aliphatic carbocycles. The fraction of sp³-hybridized carbons (Fsp3) is 0.870. The molecule has 0 aromatic heterocycles. The third kappa shape index (κ3) is 45.7. The zero-order valence-electron chi connectivity index (χ0n) is 39.3. The zero-order chi connectivity index (χ0) is 42.1. The van der Waals surface area contributed by atoms with Gasteiger partial charge in [0.25, 0.3) is 0 Å². The Kier molecular flexibility index (Phi) is 48.8. The maximum absolute atomic E-state index is 12.4. The SMILES string of the molecule is CCCCCCCCCCC/C=C/CC/C=C/C(O)C(CO)NC(=O)CCCCCCCCCCCCCCCCC/C=C\CCCCCCCCCCCCCC. The number of aliphatic hydroxyl groups is 2. The van der Waals surface area contributed by atoms with Gasteiger partial charge in [-0.1, -0.05) is 256 Å². The van der Waals surface area contributed by atoms with Gasteiger partial charge in [0.05, 0.1) is 18.8 Å². The molecular weight excluding hydrogens is 711 g/mol. The molecule has 0 radical (unpaired) electrons. The summed E-state index contributed by atoms with van der Waals surface area (Å²) in [6.45, 7) is 4.31. The predicted molar refractivity (Wildman–Crippen MR) is 258 cm³/mol. The Balaban J connectivity index is 3.47. The molecule has 0 saturated heterocycles. The maximum atomic E-state index is 12.4. The normalized spacial score (nSPS) is 13.1. The Morgan fingerprint density at radius 1 is 0.397 bits per heavy atom. The quantitative estimate of drug-likeness (QED) is 0.0423. The molecule has 0 spiro atoms. The maximum Gasteiger partial charge on any atom is 0.220 e. The number of hydrogen-bond donors (Lipinski definition) is 3. The molecule has 0 aromatic rings. The fourth-order valence-electron chi connectivity index (χ4n) is 8.07. The van der Waals surface area contributed by atoms with Gasteiger partial charge in [0.2, 0.25) is 5.91 Å². The molecule has 0 aliphatic rings. The van der Waals surface area contributed by atoms with Crippen LogP contribution in [0.5, 0.6) is 0 Å². The van der Waals surface area contributed by atoms with Gasteiger partial charge in [0.1, 0.15) is 0 Å². The molecule has 0 bridgehead atoms. The van der Waals surface area contributed by atoms with Gasteiger partial charge in [-0.05, 0) is 57.8 Å². The summed E-state index contributed by atoms with van der Waals surface area (Å²) in [7, 11) is 0. The van der Waals surface area contributed by atoms with Crippen molar-refractivity contribution in [1.29, 1.82) is 0 Å². The lowest BCUT2D eigenvalue weighted by Crippen LogP contribution is -2.45. The molecular formula is C54H103NO3. The molecule has 4 nitrogen and oxygen atoms in total. The van der Waals surface area contributed by atoms with Crippen molar-refractivity contribution in [3.63, 3.8) is 0 Å². The van der Waals surface area contributed by atoms with Gasteiger partial charge in [-0.15, -0.1) is 0 Å². The molecule has 4 heteroatoms. The van der Waals surface area contributed by atoms with Crippen LogP contribution < -0.4 is 5.32 Å². The average molecular weight is 814 g/mol. The first-order valence-corrected chi connectivity index (χ1v) is 26.2. The minimum absolute atomic E-state index is 0.0708. The van der Waals surface area contributed by atoms with Gasteiger partial charge in [-0.3, -0.25) is 4.79 Å². The minimum atomic E-state index is -0.860. The van der Waals surface area contributed by atoms with E-state index in [1.807, 2.05) is 6.08 Å². The van der Waals surface area contributed by atoms with Crippen LogP contribution in [0.25, 0.3) is 0 Å². The first-order valence-electron chi connectivity index (χ1n) is 26.2. The summed E-state index contributed by atoms with van der Waals surface area (Å²) in [6, 6.07) is -0.637. The van der Waals surface area contributed by atoms with Crippen LogP contribution in [-0.2, 0) is 4.79 Å². The van der Waals surface area contributed by atoms with Crippen LogP contribution in [0.2, 0.25) is 0 Å². The molecule has 58 heavy (non-hydrogen) atoms. The second-order valence-corrected chi connectivity index (χ2v) is 17.9. The molecule has 0 saturated carbocycles. The Labute approximate surface area is 363 Å². The van der Waals surface area contributed by atoms with Gasteiger partial charge in [0, 0.05) is 6.42 Å². The van der Waals surface area contributed by atoms with Crippen molar-refractivity contribution in [3.8, 4) is 0 Å². The average Bonchev–Trinajstić information content (AvgIpc) is 3.23. The van der Waals surface area contributed by atoms with Crippen LogP contribution in [0.4, 0.5) is 0 Å². The van der Waals surface area contributed by atoms with E-state index in [1.54, 1.807) is 6.08 Å². The molecule has 3 N–H and O–H groups in total. The van der Waals surface area contributed by atoms with Gasteiger partial charge in [0.15, 0.2) is 0 Å². The van der Waals surface area contributed by atoms with E-state index in [0.29, 0.717) is 6.42 Å². The van der Waals surface area contributed by atoms with Crippen molar-refractivity contribution < 1.29 is 15.0 Å². The largest absolute Gasteiger partial charge is 0.394 e. The Morgan fingerprint density at radius 2 is 0.672 bits per heavy atom. The Bertz CT molecular complexity index is 882. The third-order valence-electron chi connectivity index (χ3n) is 12.1. The Hall–Kier alpha value is -1.39. The molecule has 342 valence electrons. The second kappa shape index (κ2) is 50.0. The van der Waals surface area contributed by atoms with E-state index < -0.39 is 12.1 Å². The van der Waals surface area contributed by atoms with Crippen molar-refractivity contribution in [2.45, 2.75) is 296 Å². The van der Waals surface area contributed by atoms with Gasteiger partial charge in [-0.25, -0.2) is 0 Å². The number of amides is 1. The number of nitrogens with one attached hydrogen (secondary N) is 1. The van der Waals surface area contributed by atoms with Crippen molar-refractivity contribution in [1.82, 2.24) is 5.32 Å². The molecule has 2 unspecified atom stereocenters. The monoisotopic (exact) mass is 814 g/mol. The summed E-state index contributed by atoms with van der Waals surface area (Å²) in [5.41, 5.74) is 0. The lowest BCUT2D eigenvalue weighted by molar-refractivity contribution is -0.123. The molecule has 0 aliphatic heterocycles. The van der Waals surface area contributed by atoms with Crippen LogP contribution >= 0.6 is 0 Å². The van der Waals surface area contributed by atoms with Crippen molar-refractivity contribution in [3.05, 3.63) is 36.5 Å². The summed E-state index contributed by atoms with van der Waals surface area (Å²) in [5, 5.41) is 23.0. The van der Waals surface area contributed by atoms with Gasteiger partial charge in [-0.2, -0.15) is 0 Å². The smallest absolute Gasteiger partial charge is 0.220 e. The molecule has 1 amide bonds. The lowest BCUT2D eigenvalue weighted by Gasteiger charge is -2.19. The molecule has 0 heterocycles. The highest BCUT2D eigenvalue weighted by Gasteiger charge is 2.17. The van der Waals surface area contributed by atoms with E-state index in [-0.39, 0.29) is 12.5 Å². The Morgan fingerprint density at radius 3 is 1.00 bits per heavy atom. The highest BCUT2D eigenvalue weighted by atomic mass is 16.3. The summed E-state index contributed by atoms with van der Waals surface area (Å²) in [6.07, 6.45) is 67.3. The molecule has 0 fully saturated rings. The number of aliphatic hydroxyl groups excluding tert-OH is 2. The first-order chi connectivity index (χ1) is 28.7. The number of rotatable bonds is 48. The summed E-state index contributed by atoms with van der Waals surface area (Å²) in [5.74, 6) is -0.0708. The summed E-state index contributed by atoms with van der Waals surface area (Å²) >= 11 is 0. The van der Waals surface area contributed by atoms with Gasteiger partial charge >= 0.3 is 0 Å². The second-order valence-electron chi connectivity index (χ2n) is 17.9. The lowest BCUT2D eigenvalue weighted by atomic mass is 10.0. The number of carbonyl (C=O) groups is 1. The molecule has 0 rings (SSSR count). The van der Waals surface area contributed by atoms with Gasteiger partial charge < -0.3 is 15.5 Å². The highest BCUT2D eigenvalue weighted by molar-refractivity contribution is 5.76. The third-order valence-corrected chi connectivity index (χ3v) is 12.1. The van der Waals surface area contributed by atoms with Crippen molar-refractivity contribution in [2.75, 3.05) is 6.61 Å². The highest BCUT2D eigenvalue weighted by Crippen LogP contribution is 2.16. The van der Waals surface area contributed by atoms with Crippen LogP contribution in [-0.4, -0.2) is 34.9 Å². The van der Waals surface area contributed by atoms with Crippen molar-refractivity contribution >= 4 is 5.91 Å². The predicted octanol–water partition coefficient (Wildman–Crippen LogP) is 16.9. The van der Waals surface area contributed by atoms with E-state index in [2.05, 4.69) is 43.5 Å². The minimum Gasteiger partial charge on any atom is -0.394 e. The fourth-order valence-corrected chi connectivity index (χ4v) is 8.07. The van der Waals surface area contributed by atoms with Crippen LogP contribution in [0.15, 0.2) is 36.5 Å². The summed E-state index contributed by atoms with van der Waals surface area (Å²) < 4.78 is 0. The number of unbranched alkanes of at least 4 members (excludes halogenated alkanes) is 37. The van der Waals surface area contributed by atoms with E-state index >= 15 is 0 Å². The first kappa shape index (κ1) is 56.6. The van der Waals surface area contributed by atoms with E-state index in [4.69, 9.17) is 0 Å². The molecule has 2 atom stereocenters. The number of allylic oxidation sites excluding steroid dienone is 5. The van der Waals surface area contributed by atoms with Crippen molar-refractivity contribution in [2.24, 2.45) is 0 Å². The van der Waals surface area contributed by atoms with Crippen LogP contribution in [0.3, 0.4) is 0 Å². The molecule has 0 aromatic carbocycles. The topological polar surface area (TPSA) is 69.6 Å². The number of hydrogen-bond acceptors (Lipinski definition) is 3. The standard InChI is InChI=1S/C54H103NO3/c1-3-5-7-9-11-13-15-17-19-20-21-22-23-24-25-26-27-28-29-30-31-32-33-34-36-38-40-42-44-46-48-50-54(58)55-52(51-56)53(57)49-47-45-43-41-39-37-35-18-16-14-12-10-8-6-4-2/h24-25,39,41,47,49,52-53,56-57H,3-23,26-38,40,42-46,48,50-51H2,1-2H3,(H,55,58)/b25-24-,41-39+,49-47+. The van der Waals surface area contributed by atoms with Crippen LogP contribution in [0, 0.1) is 0 Å². The zero-order valence-corrected chi connectivity index (χ0v) is 39.3.